The minimum Gasteiger partial charge on any atom is -0.379 e. The smallest absolute Gasteiger partial charge is 0.297 e. The summed E-state index contributed by atoms with van der Waals surface area (Å²) < 4.78 is 7.14. The van der Waals surface area contributed by atoms with Crippen LogP contribution in [0.3, 0.4) is 0 Å². The number of Topliss-reactive ketones (excluding diaryl/α,β-unsaturated/α-hetero) is 1. The topological polar surface area (TPSA) is 105 Å². The maximum Gasteiger partial charge on any atom is 0.297 e. The van der Waals surface area contributed by atoms with Gasteiger partial charge in [-0.05, 0) is 23.6 Å². The third-order valence-corrected chi connectivity index (χ3v) is 6.48. The Balaban J connectivity index is 1.51. The molecule has 0 unspecified atom stereocenters. The number of ketones is 1. The highest BCUT2D eigenvalue weighted by molar-refractivity contribution is 6.48. The highest BCUT2D eigenvalue weighted by Gasteiger charge is 2.27. The zero-order chi connectivity index (χ0) is 26.9. The number of anilines is 3. The Morgan fingerprint density at radius 2 is 1.66 bits per heavy atom. The number of nitrogens with zero attached hydrogens (tertiary/aromatic N) is 6. The molecule has 196 valence electrons. The Bertz CT molecular complexity index is 1470. The van der Waals surface area contributed by atoms with Gasteiger partial charge < -0.3 is 10.1 Å². The lowest BCUT2D eigenvalue weighted by Gasteiger charge is -2.37. The number of fused-ring (bicyclic) bond motifs is 1. The van der Waals surface area contributed by atoms with E-state index in [-0.39, 0.29) is 5.41 Å². The van der Waals surface area contributed by atoms with Gasteiger partial charge in [-0.2, -0.15) is 5.10 Å². The molecule has 0 aliphatic carbocycles. The second-order valence-corrected chi connectivity index (χ2v) is 10.2. The molecule has 5 rings (SSSR count). The van der Waals surface area contributed by atoms with Crippen LogP contribution in [0.15, 0.2) is 60.9 Å². The van der Waals surface area contributed by atoms with Gasteiger partial charge in [-0.25, -0.2) is 20.0 Å². The van der Waals surface area contributed by atoms with Crippen LogP contribution in [-0.2, 0) is 22.0 Å². The number of carbonyl (C=O) groups is 2. The summed E-state index contributed by atoms with van der Waals surface area (Å²) in [6.07, 6.45) is 3.40. The summed E-state index contributed by atoms with van der Waals surface area (Å²) in [7, 11) is 1.74. The van der Waals surface area contributed by atoms with Crippen molar-refractivity contribution in [3.8, 4) is 0 Å². The van der Waals surface area contributed by atoms with Crippen LogP contribution in [0, 0.1) is 0 Å². The first kappa shape index (κ1) is 25.5. The molecule has 0 radical (unpaired) electrons. The van der Waals surface area contributed by atoms with Gasteiger partial charge in [-0.1, -0.05) is 45.0 Å². The predicted octanol–water partition coefficient (Wildman–Crippen LogP) is 3.87. The zero-order valence-corrected chi connectivity index (χ0v) is 22.0. The number of benzene rings is 2. The first-order valence-corrected chi connectivity index (χ1v) is 12.6. The fourth-order valence-electron chi connectivity index (χ4n) is 4.45. The summed E-state index contributed by atoms with van der Waals surface area (Å²) in [6, 6.07) is 14.7. The van der Waals surface area contributed by atoms with E-state index in [1.807, 2.05) is 56.1 Å². The van der Waals surface area contributed by atoms with E-state index >= 15 is 0 Å². The van der Waals surface area contributed by atoms with Crippen molar-refractivity contribution < 1.29 is 14.3 Å². The van der Waals surface area contributed by atoms with Gasteiger partial charge in [0.15, 0.2) is 0 Å². The number of hydrogen-bond acceptors (Lipinski definition) is 8. The van der Waals surface area contributed by atoms with Crippen molar-refractivity contribution in [2.45, 2.75) is 26.2 Å². The third-order valence-electron chi connectivity index (χ3n) is 6.48. The van der Waals surface area contributed by atoms with Crippen molar-refractivity contribution >= 4 is 39.9 Å². The molecule has 2 aromatic carbocycles. The van der Waals surface area contributed by atoms with Gasteiger partial charge in [0.05, 0.1) is 24.6 Å². The Hall–Kier alpha value is -4.15. The summed E-state index contributed by atoms with van der Waals surface area (Å²) in [4.78, 5) is 35.5. The van der Waals surface area contributed by atoms with Crippen LogP contribution < -0.4 is 10.3 Å². The molecule has 10 heteroatoms. The molecule has 10 nitrogen and oxygen atoms in total. The van der Waals surface area contributed by atoms with Crippen LogP contribution in [0.4, 0.5) is 17.5 Å². The Morgan fingerprint density at radius 3 is 2.32 bits per heavy atom. The lowest BCUT2D eigenvalue weighted by molar-refractivity contribution is -0.112. The molecule has 2 aromatic heterocycles. The standard InChI is InChI=1S/C28H31N7O3/c1-28(2,3)23-18-24(33(4)32-23)31-26(37)25(36)21-10-11-22(20-9-6-5-8-19(20)21)35(27-29-12-7-13-30-27)34-14-16-38-17-15-34/h5-13,18H,14-17H2,1-4H3,(H,31,37). The van der Waals surface area contributed by atoms with E-state index < -0.39 is 11.7 Å². The SMILES string of the molecule is Cn1nc(C(C)(C)C)cc1NC(=O)C(=O)c1ccc(N(c2ncccn2)N2CCOCC2)c2ccccc12. The molecule has 0 spiro atoms. The number of ether oxygens (including phenoxy) is 1. The second kappa shape index (κ2) is 10.3. The van der Waals surface area contributed by atoms with Gasteiger partial charge >= 0.3 is 0 Å². The average Bonchev–Trinajstić information content (AvgIpc) is 3.30. The molecule has 0 bridgehead atoms. The van der Waals surface area contributed by atoms with Gasteiger partial charge in [0.1, 0.15) is 5.82 Å². The van der Waals surface area contributed by atoms with Crippen molar-refractivity contribution in [3.63, 3.8) is 0 Å². The average molecular weight is 514 g/mol. The molecule has 38 heavy (non-hydrogen) atoms. The van der Waals surface area contributed by atoms with E-state index in [1.165, 1.54) is 0 Å². The van der Waals surface area contributed by atoms with Crippen LogP contribution in [0.1, 0.15) is 36.8 Å². The maximum atomic E-state index is 13.4. The minimum atomic E-state index is -0.720. The predicted molar refractivity (Wildman–Crippen MR) is 145 cm³/mol. The number of hydrogen-bond donors (Lipinski definition) is 1. The number of amides is 1. The summed E-state index contributed by atoms with van der Waals surface area (Å²) in [5.74, 6) is -0.362. The molecule has 0 saturated carbocycles. The Labute approximate surface area is 221 Å². The molecule has 1 amide bonds. The molecule has 1 aliphatic rings. The van der Waals surface area contributed by atoms with Crippen LogP contribution >= 0.6 is 0 Å². The normalized spacial score (nSPS) is 14.4. The number of carbonyl (C=O) groups excluding carboxylic acids is 2. The zero-order valence-electron chi connectivity index (χ0n) is 22.0. The quantitative estimate of drug-likeness (QED) is 0.306. The number of aryl methyl sites for hydroxylation is 1. The third kappa shape index (κ3) is 5.00. The van der Waals surface area contributed by atoms with Crippen molar-refractivity contribution in [1.29, 1.82) is 0 Å². The Kier molecular flexibility index (Phi) is 6.92. The molecule has 3 heterocycles. The van der Waals surface area contributed by atoms with Gasteiger partial charge in [-0.3, -0.25) is 14.3 Å². The fourth-order valence-corrected chi connectivity index (χ4v) is 4.45. The van der Waals surface area contributed by atoms with Crippen LogP contribution in [0.25, 0.3) is 10.8 Å². The summed E-state index contributed by atoms with van der Waals surface area (Å²) >= 11 is 0. The number of nitrogens with one attached hydrogen (secondary N) is 1. The van der Waals surface area contributed by atoms with Crippen LogP contribution in [-0.4, -0.2) is 62.8 Å². The summed E-state index contributed by atoms with van der Waals surface area (Å²) in [5, 5.41) is 12.8. The summed E-state index contributed by atoms with van der Waals surface area (Å²) in [5.41, 5.74) is 1.76. The first-order valence-electron chi connectivity index (χ1n) is 12.6. The van der Waals surface area contributed by atoms with Crippen molar-refractivity contribution in [3.05, 3.63) is 72.2 Å². The monoisotopic (exact) mass is 513 g/mol. The minimum absolute atomic E-state index is 0.189. The maximum absolute atomic E-state index is 13.4. The van der Waals surface area contributed by atoms with Gasteiger partial charge in [-0.15, -0.1) is 0 Å². The number of morpholine rings is 1. The van der Waals surface area contributed by atoms with E-state index in [0.29, 0.717) is 49.0 Å². The van der Waals surface area contributed by atoms with Gasteiger partial charge in [0, 0.05) is 55.0 Å². The van der Waals surface area contributed by atoms with Gasteiger partial charge in [0.2, 0.25) is 5.95 Å². The number of aromatic nitrogens is 4. The van der Waals surface area contributed by atoms with Crippen LogP contribution in [0.5, 0.6) is 0 Å². The lowest BCUT2D eigenvalue weighted by atomic mass is 9.92. The summed E-state index contributed by atoms with van der Waals surface area (Å²) in [6.45, 7) is 8.63. The van der Waals surface area contributed by atoms with Gasteiger partial charge in [0.25, 0.3) is 11.7 Å². The van der Waals surface area contributed by atoms with E-state index in [9.17, 15) is 9.59 Å². The van der Waals surface area contributed by atoms with E-state index in [0.717, 1.165) is 16.8 Å². The number of hydrazine groups is 1. The number of rotatable bonds is 6. The molecular formula is C28H31N7O3. The van der Waals surface area contributed by atoms with E-state index in [2.05, 4.69) is 25.4 Å². The fraction of sp³-hybridized carbons (Fsp3) is 0.321. The molecule has 1 aliphatic heterocycles. The van der Waals surface area contributed by atoms with Crippen LogP contribution in [0.2, 0.25) is 0 Å². The van der Waals surface area contributed by atoms with E-state index in [4.69, 9.17) is 4.74 Å². The molecule has 0 atom stereocenters. The highest BCUT2D eigenvalue weighted by atomic mass is 16.5. The molecule has 4 aromatic rings. The highest BCUT2D eigenvalue weighted by Crippen LogP contribution is 2.34. The van der Waals surface area contributed by atoms with Crippen molar-refractivity contribution in [2.24, 2.45) is 7.05 Å². The first-order chi connectivity index (χ1) is 18.2. The second-order valence-electron chi connectivity index (χ2n) is 10.2. The molecule has 1 saturated heterocycles. The van der Waals surface area contributed by atoms with E-state index in [1.54, 1.807) is 42.3 Å². The molecular weight excluding hydrogens is 482 g/mol. The molecule has 1 N–H and O–H groups in total. The Morgan fingerprint density at radius 1 is 0.974 bits per heavy atom. The van der Waals surface area contributed by atoms with Crippen molar-refractivity contribution in [1.82, 2.24) is 24.8 Å². The van der Waals surface area contributed by atoms with Crippen molar-refractivity contribution in [2.75, 3.05) is 36.6 Å². The molecule has 1 fully saturated rings. The lowest BCUT2D eigenvalue weighted by Crippen LogP contribution is -2.47. The largest absolute Gasteiger partial charge is 0.379 e.